The van der Waals surface area contributed by atoms with Gasteiger partial charge in [-0.3, -0.25) is 9.48 Å². The van der Waals surface area contributed by atoms with E-state index in [2.05, 4.69) is 10.4 Å². The summed E-state index contributed by atoms with van der Waals surface area (Å²) in [4.78, 5) is 22.6. The van der Waals surface area contributed by atoms with E-state index in [1.54, 1.807) is 10.9 Å². The number of ether oxygens (including phenoxy) is 1. The van der Waals surface area contributed by atoms with Crippen LogP contribution in [0.5, 0.6) is 0 Å². The molecule has 2 unspecified atom stereocenters. The van der Waals surface area contributed by atoms with Gasteiger partial charge in [0.15, 0.2) is 6.10 Å². The topological polar surface area (TPSA) is 93.5 Å². The van der Waals surface area contributed by atoms with Crippen molar-refractivity contribution in [1.29, 1.82) is 0 Å². The van der Waals surface area contributed by atoms with Gasteiger partial charge in [0.25, 0.3) is 0 Å². The first-order valence-electron chi connectivity index (χ1n) is 6.12. The quantitative estimate of drug-likeness (QED) is 0.799. The summed E-state index contributed by atoms with van der Waals surface area (Å²) in [7, 11) is 1.83. The highest BCUT2D eigenvalue weighted by Gasteiger charge is 2.34. The van der Waals surface area contributed by atoms with Crippen molar-refractivity contribution >= 4 is 11.9 Å². The molecule has 0 radical (unpaired) electrons. The van der Waals surface area contributed by atoms with Crippen molar-refractivity contribution in [3.05, 3.63) is 17.5 Å². The Balaban J connectivity index is 1.85. The van der Waals surface area contributed by atoms with Gasteiger partial charge in [-0.05, 0) is 19.8 Å². The molecule has 1 saturated heterocycles. The number of aliphatic carboxylic acids is 1. The number of hydrogen-bond donors (Lipinski definition) is 2. The first kappa shape index (κ1) is 13.5. The largest absolute Gasteiger partial charge is 0.479 e. The molecule has 2 heterocycles. The van der Waals surface area contributed by atoms with E-state index in [1.807, 2.05) is 14.0 Å². The van der Waals surface area contributed by atoms with Gasteiger partial charge in [0, 0.05) is 24.8 Å². The summed E-state index contributed by atoms with van der Waals surface area (Å²) in [5.41, 5.74) is 1.92. The number of amides is 1. The number of carboxylic acids is 1. The van der Waals surface area contributed by atoms with Crippen LogP contribution in [-0.2, 0) is 27.9 Å². The predicted octanol–water partition coefficient (Wildman–Crippen LogP) is -0.0231. The van der Waals surface area contributed by atoms with Crippen LogP contribution in [0.4, 0.5) is 0 Å². The Morgan fingerprint density at radius 1 is 1.53 bits per heavy atom. The summed E-state index contributed by atoms with van der Waals surface area (Å²) in [6, 6.07) is 0. The van der Waals surface area contributed by atoms with Crippen molar-refractivity contribution in [2.75, 3.05) is 0 Å². The highest BCUT2D eigenvalue weighted by molar-refractivity contribution is 5.82. The number of nitrogens with one attached hydrogen (secondary N) is 1. The van der Waals surface area contributed by atoms with Gasteiger partial charge in [-0.2, -0.15) is 5.10 Å². The van der Waals surface area contributed by atoms with Crippen LogP contribution in [0.15, 0.2) is 6.20 Å². The Morgan fingerprint density at radius 2 is 2.21 bits per heavy atom. The summed E-state index contributed by atoms with van der Waals surface area (Å²) >= 11 is 0. The Morgan fingerprint density at radius 3 is 2.74 bits per heavy atom. The molecule has 0 spiro atoms. The van der Waals surface area contributed by atoms with Crippen LogP contribution in [0.2, 0.25) is 0 Å². The van der Waals surface area contributed by atoms with Gasteiger partial charge >= 0.3 is 5.97 Å². The maximum atomic E-state index is 11.8. The van der Waals surface area contributed by atoms with E-state index in [4.69, 9.17) is 9.84 Å². The minimum atomic E-state index is -1.02. The van der Waals surface area contributed by atoms with Crippen molar-refractivity contribution in [2.45, 2.75) is 38.5 Å². The van der Waals surface area contributed by atoms with Gasteiger partial charge in [0.1, 0.15) is 6.10 Å². The number of carboxylic acid groups (broad SMARTS) is 1. The summed E-state index contributed by atoms with van der Waals surface area (Å²) in [5, 5.41) is 15.6. The van der Waals surface area contributed by atoms with E-state index in [9.17, 15) is 9.59 Å². The zero-order valence-corrected chi connectivity index (χ0v) is 10.9. The van der Waals surface area contributed by atoms with E-state index >= 15 is 0 Å². The number of hydrogen-bond acceptors (Lipinski definition) is 4. The number of rotatable bonds is 4. The zero-order chi connectivity index (χ0) is 14.0. The van der Waals surface area contributed by atoms with Crippen molar-refractivity contribution in [3.8, 4) is 0 Å². The van der Waals surface area contributed by atoms with E-state index < -0.39 is 18.2 Å². The standard InChI is InChI=1S/C12H17N3O4/c1-7-8(6-14-15(7)2)5-13-11(16)9-3-4-10(19-9)12(17)18/h6,9-10H,3-5H2,1-2H3,(H,13,16)(H,17,18). The number of aryl methyl sites for hydroxylation is 1. The highest BCUT2D eigenvalue weighted by atomic mass is 16.5. The maximum Gasteiger partial charge on any atom is 0.332 e. The molecular weight excluding hydrogens is 250 g/mol. The van der Waals surface area contributed by atoms with Crippen LogP contribution in [0.3, 0.4) is 0 Å². The fourth-order valence-corrected chi connectivity index (χ4v) is 2.03. The molecule has 0 saturated carbocycles. The number of carbonyl (C=O) groups is 2. The monoisotopic (exact) mass is 267 g/mol. The third-order valence-corrected chi connectivity index (χ3v) is 3.38. The van der Waals surface area contributed by atoms with Gasteiger partial charge in [-0.1, -0.05) is 0 Å². The normalized spacial score (nSPS) is 22.4. The molecular formula is C12H17N3O4. The smallest absolute Gasteiger partial charge is 0.332 e. The molecule has 1 aliphatic heterocycles. The molecule has 1 aromatic rings. The summed E-state index contributed by atoms with van der Waals surface area (Å²) in [5.74, 6) is -1.29. The molecule has 2 N–H and O–H groups in total. The molecule has 2 rings (SSSR count). The molecule has 1 fully saturated rings. The molecule has 7 heteroatoms. The number of carbonyl (C=O) groups excluding carboxylic acids is 1. The van der Waals surface area contributed by atoms with Gasteiger partial charge in [-0.15, -0.1) is 0 Å². The van der Waals surface area contributed by atoms with Crippen molar-refractivity contribution in [3.63, 3.8) is 0 Å². The predicted molar refractivity (Wildman–Crippen MR) is 65.3 cm³/mol. The second kappa shape index (κ2) is 5.40. The molecule has 0 aliphatic carbocycles. The zero-order valence-electron chi connectivity index (χ0n) is 10.9. The molecule has 1 aromatic heterocycles. The highest BCUT2D eigenvalue weighted by Crippen LogP contribution is 2.20. The van der Waals surface area contributed by atoms with Crippen molar-refractivity contribution in [1.82, 2.24) is 15.1 Å². The van der Waals surface area contributed by atoms with Crippen LogP contribution < -0.4 is 5.32 Å². The number of nitrogens with zero attached hydrogens (tertiary/aromatic N) is 2. The third-order valence-electron chi connectivity index (χ3n) is 3.38. The van der Waals surface area contributed by atoms with Gasteiger partial charge < -0.3 is 15.2 Å². The fraction of sp³-hybridized carbons (Fsp3) is 0.583. The first-order chi connectivity index (χ1) is 8.99. The lowest BCUT2D eigenvalue weighted by Gasteiger charge is -2.11. The van der Waals surface area contributed by atoms with Gasteiger partial charge in [-0.25, -0.2) is 4.79 Å². The lowest BCUT2D eigenvalue weighted by molar-refractivity contribution is -0.151. The minimum absolute atomic E-state index is 0.271. The summed E-state index contributed by atoms with van der Waals surface area (Å²) in [6.45, 7) is 2.29. The second-order valence-corrected chi connectivity index (χ2v) is 4.63. The Hall–Kier alpha value is -1.89. The molecule has 104 valence electrons. The van der Waals surface area contributed by atoms with Crippen LogP contribution in [0.25, 0.3) is 0 Å². The molecule has 1 aliphatic rings. The van der Waals surface area contributed by atoms with Crippen LogP contribution >= 0.6 is 0 Å². The Bertz CT molecular complexity index is 497. The third kappa shape index (κ3) is 2.93. The summed E-state index contributed by atoms with van der Waals surface area (Å²) < 4.78 is 6.91. The molecule has 7 nitrogen and oxygen atoms in total. The fourth-order valence-electron chi connectivity index (χ4n) is 2.03. The van der Waals surface area contributed by atoms with Gasteiger partial charge in [0.05, 0.1) is 6.20 Å². The van der Waals surface area contributed by atoms with E-state index in [-0.39, 0.29) is 5.91 Å². The number of aromatic nitrogens is 2. The summed E-state index contributed by atoms with van der Waals surface area (Å²) in [6.07, 6.45) is 0.980. The van der Waals surface area contributed by atoms with Crippen LogP contribution in [-0.4, -0.2) is 39.0 Å². The van der Waals surface area contributed by atoms with E-state index in [0.717, 1.165) is 11.3 Å². The van der Waals surface area contributed by atoms with E-state index in [1.165, 1.54) is 0 Å². The van der Waals surface area contributed by atoms with E-state index in [0.29, 0.717) is 19.4 Å². The van der Waals surface area contributed by atoms with Crippen LogP contribution in [0.1, 0.15) is 24.1 Å². The lowest BCUT2D eigenvalue weighted by Crippen LogP contribution is -2.35. The molecule has 0 aromatic carbocycles. The molecule has 19 heavy (non-hydrogen) atoms. The van der Waals surface area contributed by atoms with Gasteiger partial charge in [0.2, 0.25) is 5.91 Å². The first-order valence-corrected chi connectivity index (χ1v) is 6.12. The lowest BCUT2D eigenvalue weighted by atomic mass is 10.2. The molecule has 1 amide bonds. The Labute approximate surface area is 110 Å². The average molecular weight is 267 g/mol. The van der Waals surface area contributed by atoms with Crippen molar-refractivity contribution in [2.24, 2.45) is 7.05 Å². The second-order valence-electron chi connectivity index (χ2n) is 4.63. The SMILES string of the molecule is Cc1c(CNC(=O)C2CCC(C(=O)O)O2)cnn1C. The molecule has 2 atom stereocenters. The maximum absolute atomic E-state index is 11.8. The van der Waals surface area contributed by atoms with Crippen molar-refractivity contribution < 1.29 is 19.4 Å². The average Bonchev–Trinajstić information content (AvgIpc) is 2.97. The Kier molecular flexibility index (Phi) is 3.84. The van der Waals surface area contributed by atoms with Crippen LogP contribution in [0, 0.1) is 6.92 Å². The minimum Gasteiger partial charge on any atom is -0.479 e. The molecule has 0 bridgehead atoms.